The molecule has 1 aliphatic rings. The highest BCUT2D eigenvalue weighted by Crippen LogP contribution is 2.23. The molecule has 8 nitrogen and oxygen atoms in total. The molecule has 144 valence electrons. The first-order valence-electron chi connectivity index (χ1n) is 8.54. The van der Waals surface area contributed by atoms with Crippen LogP contribution < -0.4 is 10.2 Å². The number of carbonyl (C=O) groups excluding carboxylic acids is 3. The number of nitrogens with zero attached hydrogens (tertiary/aromatic N) is 1. The van der Waals surface area contributed by atoms with Gasteiger partial charge in [-0.2, -0.15) is 0 Å². The molecule has 0 saturated carbocycles. The Balaban J connectivity index is 1.46. The highest BCUT2D eigenvalue weighted by atomic mass is 16.7. The van der Waals surface area contributed by atoms with Gasteiger partial charge in [0, 0.05) is 6.07 Å². The third-order valence-electron chi connectivity index (χ3n) is 4.17. The molecule has 2 heterocycles. The first kappa shape index (κ1) is 18.2. The molecule has 0 radical (unpaired) electrons. The molecule has 29 heavy (non-hydrogen) atoms. The van der Waals surface area contributed by atoms with Crippen molar-refractivity contribution in [3.8, 4) is 5.75 Å². The van der Waals surface area contributed by atoms with Crippen molar-refractivity contribution in [1.29, 1.82) is 0 Å². The molecule has 1 aromatic heterocycles. The quantitative estimate of drug-likeness (QED) is 0.616. The molecule has 2 amide bonds. The summed E-state index contributed by atoms with van der Waals surface area (Å²) in [5, 5.41) is 0.340. The zero-order chi connectivity index (χ0) is 20.4. The number of hydrogen-bond acceptors (Lipinski definition) is 7. The van der Waals surface area contributed by atoms with E-state index < -0.39 is 29.0 Å². The normalized spacial score (nSPS) is 12.6. The Morgan fingerprint density at radius 1 is 0.897 bits per heavy atom. The molecule has 0 spiro atoms. The summed E-state index contributed by atoms with van der Waals surface area (Å²) in [5.74, 6) is -3.27. The second-order valence-electron chi connectivity index (χ2n) is 6.08. The van der Waals surface area contributed by atoms with Crippen molar-refractivity contribution in [2.45, 2.75) is 6.61 Å². The van der Waals surface area contributed by atoms with Gasteiger partial charge < -0.3 is 14.0 Å². The summed E-state index contributed by atoms with van der Waals surface area (Å²) in [7, 11) is 0. The average Bonchev–Trinajstić information content (AvgIpc) is 2.98. The fourth-order valence-corrected chi connectivity index (χ4v) is 2.72. The molecule has 0 unspecified atom stereocenters. The maximum Gasteiger partial charge on any atom is 0.399 e. The maximum atomic E-state index is 12.2. The van der Waals surface area contributed by atoms with Crippen LogP contribution in [-0.4, -0.2) is 22.8 Å². The monoisotopic (exact) mass is 391 g/mol. The molecule has 4 rings (SSSR count). The first-order chi connectivity index (χ1) is 14.0. The van der Waals surface area contributed by atoms with Crippen molar-refractivity contribution in [3.05, 3.63) is 99.6 Å². The van der Waals surface area contributed by atoms with Gasteiger partial charge in [0.05, 0.1) is 11.1 Å². The standard InChI is InChI=1S/C21H13NO7/c23-16-10-17(28-12-18(16)27-11-13-6-2-1-3-7-13)21(26)29-22-19(24)14-8-4-5-9-15(14)20(22)25/h1-10,12H,11H2. The highest BCUT2D eigenvalue weighted by Gasteiger charge is 2.39. The van der Waals surface area contributed by atoms with Crippen molar-refractivity contribution < 1.29 is 28.4 Å². The number of carbonyl (C=O) groups is 3. The van der Waals surface area contributed by atoms with Crippen LogP contribution in [0.3, 0.4) is 0 Å². The van der Waals surface area contributed by atoms with E-state index in [0.29, 0.717) is 5.06 Å². The molecule has 0 aliphatic carbocycles. The number of rotatable bonds is 5. The van der Waals surface area contributed by atoms with Gasteiger partial charge in [-0.25, -0.2) is 4.79 Å². The summed E-state index contributed by atoms with van der Waals surface area (Å²) < 4.78 is 10.5. The Bertz CT molecular complexity index is 1130. The van der Waals surface area contributed by atoms with Crippen LogP contribution >= 0.6 is 0 Å². The largest absolute Gasteiger partial charge is 0.482 e. The van der Waals surface area contributed by atoms with Gasteiger partial charge in [-0.15, -0.1) is 0 Å². The first-order valence-corrected chi connectivity index (χ1v) is 8.54. The number of imide groups is 1. The lowest BCUT2D eigenvalue weighted by atomic mass is 10.1. The van der Waals surface area contributed by atoms with Gasteiger partial charge in [-0.1, -0.05) is 47.5 Å². The smallest absolute Gasteiger partial charge is 0.399 e. The highest BCUT2D eigenvalue weighted by molar-refractivity contribution is 6.21. The predicted octanol–water partition coefficient (Wildman–Crippen LogP) is 2.59. The molecule has 0 fully saturated rings. The van der Waals surface area contributed by atoms with Crippen molar-refractivity contribution >= 4 is 17.8 Å². The number of hydroxylamine groups is 2. The van der Waals surface area contributed by atoms with Crippen LogP contribution in [0, 0.1) is 0 Å². The summed E-state index contributed by atoms with van der Waals surface area (Å²) in [6.07, 6.45) is 0.976. The minimum absolute atomic E-state index is 0.0915. The van der Waals surface area contributed by atoms with Gasteiger partial charge in [-0.3, -0.25) is 14.4 Å². The topological polar surface area (TPSA) is 103 Å². The van der Waals surface area contributed by atoms with E-state index in [0.717, 1.165) is 17.9 Å². The lowest BCUT2D eigenvalue weighted by molar-refractivity contribution is -0.0604. The van der Waals surface area contributed by atoms with E-state index in [9.17, 15) is 19.2 Å². The van der Waals surface area contributed by atoms with Crippen LogP contribution in [0.4, 0.5) is 0 Å². The Morgan fingerprint density at radius 2 is 1.52 bits per heavy atom. The third kappa shape index (κ3) is 3.51. The molecule has 8 heteroatoms. The fourth-order valence-electron chi connectivity index (χ4n) is 2.72. The van der Waals surface area contributed by atoms with E-state index in [4.69, 9.17) is 14.0 Å². The van der Waals surface area contributed by atoms with Crippen LogP contribution in [0.25, 0.3) is 0 Å². The van der Waals surface area contributed by atoms with Crippen LogP contribution in [0.1, 0.15) is 36.8 Å². The summed E-state index contributed by atoms with van der Waals surface area (Å²) >= 11 is 0. The zero-order valence-electron chi connectivity index (χ0n) is 14.9. The predicted molar refractivity (Wildman–Crippen MR) is 98.1 cm³/mol. The van der Waals surface area contributed by atoms with E-state index in [1.807, 2.05) is 30.3 Å². The molecular weight excluding hydrogens is 378 g/mol. The number of fused-ring (bicyclic) bond motifs is 1. The minimum Gasteiger partial charge on any atom is -0.482 e. The van der Waals surface area contributed by atoms with Crippen LogP contribution in [0.2, 0.25) is 0 Å². The van der Waals surface area contributed by atoms with E-state index in [-0.39, 0.29) is 23.5 Å². The number of amides is 2. The molecule has 0 saturated heterocycles. The Kier molecular flexibility index (Phi) is 4.66. The second kappa shape index (κ2) is 7.43. The average molecular weight is 391 g/mol. The van der Waals surface area contributed by atoms with E-state index >= 15 is 0 Å². The fraction of sp³-hybridized carbons (Fsp3) is 0.0476. The minimum atomic E-state index is -1.16. The Labute approximate surface area is 163 Å². The molecule has 2 aromatic carbocycles. The SMILES string of the molecule is O=C(ON1C(=O)c2ccccc2C1=O)c1cc(=O)c(OCc2ccccc2)co1. The van der Waals surface area contributed by atoms with Gasteiger partial charge in [0.1, 0.15) is 12.9 Å². The summed E-state index contributed by atoms with van der Waals surface area (Å²) in [5.41, 5.74) is 0.482. The van der Waals surface area contributed by atoms with Crippen molar-refractivity contribution in [3.63, 3.8) is 0 Å². The lowest BCUT2D eigenvalue weighted by Crippen LogP contribution is -2.32. The van der Waals surface area contributed by atoms with Gasteiger partial charge in [0.15, 0.2) is 0 Å². The summed E-state index contributed by atoms with van der Waals surface area (Å²) in [6.45, 7) is 0.143. The van der Waals surface area contributed by atoms with Crippen LogP contribution in [0.5, 0.6) is 5.75 Å². The van der Waals surface area contributed by atoms with Crippen molar-refractivity contribution in [1.82, 2.24) is 5.06 Å². The molecule has 0 bridgehead atoms. The third-order valence-corrected chi connectivity index (χ3v) is 4.17. The summed E-state index contributed by atoms with van der Waals surface area (Å²) in [6, 6.07) is 16.1. The van der Waals surface area contributed by atoms with E-state index in [1.54, 1.807) is 12.1 Å². The number of hydrogen-bond donors (Lipinski definition) is 0. The van der Waals surface area contributed by atoms with Gasteiger partial charge in [0.25, 0.3) is 11.8 Å². The van der Waals surface area contributed by atoms with Crippen molar-refractivity contribution in [2.24, 2.45) is 0 Å². The van der Waals surface area contributed by atoms with E-state index in [1.165, 1.54) is 12.1 Å². The molecule has 3 aromatic rings. The lowest BCUT2D eigenvalue weighted by Gasteiger charge is -2.12. The molecule has 0 N–H and O–H groups in total. The number of benzene rings is 2. The molecule has 0 atom stereocenters. The van der Waals surface area contributed by atoms with Gasteiger partial charge in [-0.05, 0) is 17.7 Å². The Morgan fingerprint density at radius 3 is 2.14 bits per heavy atom. The zero-order valence-corrected chi connectivity index (χ0v) is 14.9. The van der Waals surface area contributed by atoms with Gasteiger partial charge >= 0.3 is 5.97 Å². The van der Waals surface area contributed by atoms with Gasteiger partial charge in [0.2, 0.25) is 16.9 Å². The van der Waals surface area contributed by atoms with Crippen molar-refractivity contribution in [2.75, 3.05) is 0 Å². The second-order valence-corrected chi connectivity index (χ2v) is 6.08. The molecular formula is C21H13NO7. The maximum absolute atomic E-state index is 12.2. The van der Waals surface area contributed by atoms with Crippen LogP contribution in [0.15, 0.2) is 76.1 Å². The van der Waals surface area contributed by atoms with E-state index in [2.05, 4.69) is 0 Å². The Hall–Kier alpha value is -4.20. The summed E-state index contributed by atoms with van der Waals surface area (Å²) in [4.78, 5) is 53.7. The molecule has 1 aliphatic heterocycles. The van der Waals surface area contributed by atoms with Crippen LogP contribution in [-0.2, 0) is 11.4 Å². The number of ether oxygens (including phenoxy) is 1.